The van der Waals surface area contributed by atoms with E-state index in [0.29, 0.717) is 30.4 Å². The summed E-state index contributed by atoms with van der Waals surface area (Å²) >= 11 is 0. The zero-order valence-electron chi connectivity index (χ0n) is 19.3. The van der Waals surface area contributed by atoms with E-state index >= 15 is 0 Å². The fourth-order valence-corrected chi connectivity index (χ4v) is 3.90. The standard InChI is InChI=1S/C27H25N7O/c1-18(17-30-28-2)19-7-9-22(10-8-19)31-25-11-12-29-26(33-25)21-6-5-20-15-24(32-23(20)16-21)27(35)34-13-3-4-14-34/h3-12,15-17,28,32H,1,13-14H2,2H3,(H,29,31,33)/b30-17-. The van der Waals surface area contributed by atoms with Crippen LogP contribution in [0.2, 0.25) is 0 Å². The zero-order chi connectivity index (χ0) is 24.2. The predicted octanol–water partition coefficient (Wildman–Crippen LogP) is 4.60. The predicted molar refractivity (Wildman–Crippen MR) is 141 cm³/mol. The molecule has 35 heavy (non-hydrogen) atoms. The summed E-state index contributed by atoms with van der Waals surface area (Å²) in [5, 5.41) is 8.29. The molecule has 5 rings (SSSR count). The van der Waals surface area contributed by atoms with Crippen molar-refractivity contribution in [2.24, 2.45) is 5.10 Å². The molecule has 0 radical (unpaired) electrons. The molecule has 1 aliphatic heterocycles. The van der Waals surface area contributed by atoms with Crippen molar-refractivity contribution in [2.75, 3.05) is 25.5 Å². The number of hydrogen-bond donors (Lipinski definition) is 3. The zero-order valence-corrected chi connectivity index (χ0v) is 19.3. The maximum atomic E-state index is 12.7. The highest BCUT2D eigenvalue weighted by molar-refractivity contribution is 6.08. The smallest absolute Gasteiger partial charge is 0.270 e. The molecule has 2 aromatic heterocycles. The second-order valence-corrected chi connectivity index (χ2v) is 8.14. The molecule has 8 heteroatoms. The van der Waals surface area contributed by atoms with E-state index in [9.17, 15) is 4.79 Å². The topological polar surface area (TPSA) is 98.3 Å². The number of rotatable bonds is 7. The molecule has 0 aliphatic carbocycles. The van der Waals surface area contributed by atoms with Crippen LogP contribution in [0.25, 0.3) is 27.9 Å². The Morgan fingerprint density at radius 1 is 1.11 bits per heavy atom. The number of carbonyl (C=O) groups is 1. The van der Waals surface area contributed by atoms with Crippen LogP contribution in [0.15, 0.2) is 84.6 Å². The number of hydrogen-bond acceptors (Lipinski definition) is 6. The van der Waals surface area contributed by atoms with Crippen LogP contribution in [0.4, 0.5) is 11.5 Å². The van der Waals surface area contributed by atoms with E-state index in [0.717, 1.165) is 33.3 Å². The van der Waals surface area contributed by atoms with Gasteiger partial charge in [0.2, 0.25) is 0 Å². The molecule has 3 heterocycles. The fourth-order valence-electron chi connectivity index (χ4n) is 3.90. The highest BCUT2D eigenvalue weighted by atomic mass is 16.2. The lowest BCUT2D eigenvalue weighted by molar-refractivity contribution is 0.0795. The van der Waals surface area contributed by atoms with Crippen molar-refractivity contribution in [3.63, 3.8) is 0 Å². The summed E-state index contributed by atoms with van der Waals surface area (Å²) in [5.74, 6) is 1.28. The van der Waals surface area contributed by atoms with Crippen molar-refractivity contribution < 1.29 is 4.79 Å². The van der Waals surface area contributed by atoms with Gasteiger partial charge in [-0.15, -0.1) is 0 Å². The van der Waals surface area contributed by atoms with E-state index in [1.54, 1.807) is 24.4 Å². The van der Waals surface area contributed by atoms with Gasteiger partial charge in [0.1, 0.15) is 11.5 Å². The van der Waals surface area contributed by atoms with Gasteiger partial charge in [0.05, 0.1) is 6.21 Å². The minimum absolute atomic E-state index is 0.000828. The van der Waals surface area contributed by atoms with Crippen LogP contribution in [0.5, 0.6) is 0 Å². The Bertz CT molecular complexity index is 1440. The van der Waals surface area contributed by atoms with Gasteiger partial charge < -0.3 is 20.6 Å². The van der Waals surface area contributed by atoms with Crippen LogP contribution < -0.4 is 10.7 Å². The van der Waals surface area contributed by atoms with Crippen LogP contribution in [0.1, 0.15) is 16.1 Å². The van der Waals surface area contributed by atoms with Crippen molar-refractivity contribution >= 4 is 40.1 Å². The van der Waals surface area contributed by atoms with E-state index in [1.165, 1.54) is 0 Å². The molecule has 0 fully saturated rings. The number of aromatic amines is 1. The Labute approximate surface area is 203 Å². The van der Waals surface area contributed by atoms with Crippen LogP contribution in [0, 0.1) is 0 Å². The lowest BCUT2D eigenvalue weighted by Gasteiger charge is -2.13. The van der Waals surface area contributed by atoms with Crippen LogP contribution >= 0.6 is 0 Å². The first-order chi connectivity index (χ1) is 17.1. The molecule has 1 amide bonds. The number of benzene rings is 2. The van der Waals surface area contributed by atoms with Crippen molar-refractivity contribution in [1.29, 1.82) is 0 Å². The summed E-state index contributed by atoms with van der Waals surface area (Å²) in [6.07, 6.45) is 7.41. The van der Waals surface area contributed by atoms with Crippen LogP contribution in [-0.4, -0.2) is 52.1 Å². The van der Waals surface area contributed by atoms with Crippen molar-refractivity contribution in [3.8, 4) is 11.4 Å². The molecule has 0 spiro atoms. The molecule has 4 aromatic rings. The Kier molecular flexibility index (Phi) is 6.09. The molecule has 2 aromatic carbocycles. The molecule has 0 unspecified atom stereocenters. The number of amides is 1. The minimum Gasteiger partial charge on any atom is -0.351 e. The van der Waals surface area contributed by atoms with Gasteiger partial charge in [0.25, 0.3) is 5.91 Å². The van der Waals surface area contributed by atoms with E-state index in [4.69, 9.17) is 0 Å². The third-order valence-corrected chi connectivity index (χ3v) is 5.75. The van der Waals surface area contributed by atoms with Gasteiger partial charge in [-0.05, 0) is 41.5 Å². The highest BCUT2D eigenvalue weighted by Crippen LogP contribution is 2.25. The second-order valence-electron chi connectivity index (χ2n) is 8.14. The van der Waals surface area contributed by atoms with Gasteiger partial charge in [-0.3, -0.25) is 4.79 Å². The summed E-state index contributed by atoms with van der Waals surface area (Å²) in [4.78, 5) is 26.9. The molecular formula is C27H25N7O. The summed E-state index contributed by atoms with van der Waals surface area (Å²) < 4.78 is 0. The van der Waals surface area contributed by atoms with Crippen LogP contribution in [0.3, 0.4) is 0 Å². The average molecular weight is 464 g/mol. The molecule has 174 valence electrons. The first-order valence-electron chi connectivity index (χ1n) is 11.3. The van der Waals surface area contributed by atoms with E-state index in [2.05, 4.69) is 37.4 Å². The molecule has 8 nitrogen and oxygen atoms in total. The second kappa shape index (κ2) is 9.64. The number of nitrogens with zero attached hydrogens (tertiary/aromatic N) is 4. The van der Waals surface area contributed by atoms with Crippen molar-refractivity contribution in [3.05, 3.63) is 90.8 Å². The van der Waals surface area contributed by atoms with Crippen LogP contribution in [-0.2, 0) is 0 Å². The molecular weight excluding hydrogens is 438 g/mol. The number of hydrazone groups is 1. The van der Waals surface area contributed by atoms with Gasteiger partial charge in [0.15, 0.2) is 5.82 Å². The summed E-state index contributed by atoms with van der Waals surface area (Å²) in [5.41, 5.74) is 7.74. The summed E-state index contributed by atoms with van der Waals surface area (Å²) in [7, 11) is 1.74. The third kappa shape index (κ3) is 4.81. The number of nitrogens with one attached hydrogen (secondary N) is 3. The number of allylic oxidation sites excluding steroid dienone is 1. The largest absolute Gasteiger partial charge is 0.351 e. The molecule has 0 saturated carbocycles. The monoisotopic (exact) mass is 463 g/mol. The van der Waals surface area contributed by atoms with Gasteiger partial charge in [-0.1, -0.05) is 43.0 Å². The van der Waals surface area contributed by atoms with Gasteiger partial charge in [0, 0.05) is 48.5 Å². The molecule has 0 saturated heterocycles. The summed E-state index contributed by atoms with van der Waals surface area (Å²) in [6.45, 7) is 5.31. The van der Waals surface area contributed by atoms with E-state index < -0.39 is 0 Å². The Hall–Kier alpha value is -4.72. The maximum Gasteiger partial charge on any atom is 0.270 e. The normalized spacial score (nSPS) is 13.0. The minimum atomic E-state index is -0.000828. The fraction of sp³-hybridized carbons (Fsp3) is 0.111. The Morgan fingerprint density at radius 3 is 2.69 bits per heavy atom. The molecule has 1 aliphatic rings. The lowest BCUT2D eigenvalue weighted by atomic mass is 10.1. The summed E-state index contributed by atoms with van der Waals surface area (Å²) in [6, 6.07) is 17.5. The average Bonchev–Trinajstić information content (AvgIpc) is 3.57. The maximum absolute atomic E-state index is 12.7. The first kappa shape index (κ1) is 22.1. The Balaban J connectivity index is 1.33. The number of fused-ring (bicyclic) bond motifs is 1. The number of aromatic nitrogens is 3. The SMILES string of the molecule is C=C(/C=N\NC)c1ccc(Nc2ccnc(-c3ccc4cc(C(=O)N5CC=CC5)[nH]c4c3)n2)cc1. The van der Waals surface area contributed by atoms with E-state index in [1.807, 2.05) is 66.7 Å². The van der Waals surface area contributed by atoms with Crippen molar-refractivity contribution in [2.45, 2.75) is 0 Å². The van der Waals surface area contributed by atoms with Gasteiger partial charge in [-0.25, -0.2) is 9.97 Å². The van der Waals surface area contributed by atoms with Gasteiger partial charge in [-0.2, -0.15) is 5.10 Å². The number of anilines is 2. The molecule has 3 N–H and O–H groups in total. The molecule has 0 atom stereocenters. The van der Waals surface area contributed by atoms with E-state index in [-0.39, 0.29) is 5.91 Å². The molecule has 0 bridgehead atoms. The number of H-pyrrole nitrogens is 1. The lowest BCUT2D eigenvalue weighted by Crippen LogP contribution is -2.28. The van der Waals surface area contributed by atoms with Crippen molar-refractivity contribution in [1.82, 2.24) is 25.3 Å². The quantitative estimate of drug-likeness (QED) is 0.211. The highest BCUT2D eigenvalue weighted by Gasteiger charge is 2.18. The first-order valence-corrected chi connectivity index (χ1v) is 11.3. The van der Waals surface area contributed by atoms with Gasteiger partial charge >= 0.3 is 0 Å². The Morgan fingerprint density at radius 2 is 1.91 bits per heavy atom. The third-order valence-electron chi connectivity index (χ3n) is 5.75. The number of carbonyl (C=O) groups excluding carboxylic acids is 1.